The van der Waals surface area contributed by atoms with Crippen LogP contribution in [-0.4, -0.2) is 14.8 Å². The van der Waals surface area contributed by atoms with Gasteiger partial charge in [-0.25, -0.2) is 0 Å². The van der Waals surface area contributed by atoms with Gasteiger partial charge in [0.15, 0.2) is 0 Å². The van der Waals surface area contributed by atoms with Gasteiger partial charge in [-0.05, 0) is 60.7 Å². The van der Waals surface area contributed by atoms with Crippen LogP contribution in [0.4, 0.5) is 0 Å². The van der Waals surface area contributed by atoms with Crippen LogP contribution in [-0.2, 0) is 18.8 Å². The van der Waals surface area contributed by atoms with Gasteiger partial charge in [-0.1, -0.05) is 29.8 Å². The number of alkyl halides is 1. The standard InChI is InChI=1S/C17H26BrN3/c1-15-4-12-5-16(2,9-15)11-17(6-12,10-15)7-13-19-20-14(8-18)21(13)3/h12H,4-11H2,1-3H3. The van der Waals surface area contributed by atoms with Crippen molar-refractivity contribution in [1.82, 2.24) is 14.8 Å². The number of hydrogen-bond acceptors (Lipinski definition) is 2. The van der Waals surface area contributed by atoms with Gasteiger partial charge < -0.3 is 4.57 Å². The Kier molecular flexibility index (Phi) is 2.94. The summed E-state index contributed by atoms with van der Waals surface area (Å²) in [5.41, 5.74) is 1.67. The molecule has 0 N–H and O–H groups in total. The van der Waals surface area contributed by atoms with E-state index in [-0.39, 0.29) is 0 Å². The summed E-state index contributed by atoms with van der Waals surface area (Å²) in [5, 5.41) is 9.62. The number of nitrogens with zero attached hydrogens (tertiary/aromatic N) is 3. The van der Waals surface area contributed by atoms with Crippen LogP contribution in [0.3, 0.4) is 0 Å². The summed E-state index contributed by atoms with van der Waals surface area (Å²) < 4.78 is 2.21. The quantitative estimate of drug-likeness (QED) is 0.762. The molecule has 4 saturated carbocycles. The molecule has 116 valence electrons. The molecule has 4 heteroatoms. The topological polar surface area (TPSA) is 30.7 Å². The predicted molar refractivity (Wildman–Crippen MR) is 87.2 cm³/mol. The molecule has 1 aromatic heterocycles. The van der Waals surface area contributed by atoms with Gasteiger partial charge in [-0.3, -0.25) is 0 Å². The SMILES string of the molecule is Cn1c(CBr)nnc1CC12CC3CC(C)(CC(C)(C3)C1)C2. The number of rotatable bonds is 3. The summed E-state index contributed by atoms with van der Waals surface area (Å²) in [4.78, 5) is 0. The normalized spacial score (nSPS) is 44.5. The fourth-order valence-corrected chi connectivity index (χ4v) is 7.37. The Morgan fingerprint density at radius 1 is 1.05 bits per heavy atom. The van der Waals surface area contributed by atoms with Crippen LogP contribution < -0.4 is 0 Å². The van der Waals surface area contributed by atoms with Crippen LogP contribution >= 0.6 is 15.9 Å². The van der Waals surface area contributed by atoms with E-state index in [0.717, 1.165) is 23.5 Å². The highest BCUT2D eigenvalue weighted by Crippen LogP contribution is 2.70. The zero-order chi connectivity index (χ0) is 14.9. The van der Waals surface area contributed by atoms with Crippen LogP contribution in [0.25, 0.3) is 0 Å². The van der Waals surface area contributed by atoms with Crippen molar-refractivity contribution in [1.29, 1.82) is 0 Å². The van der Waals surface area contributed by atoms with Gasteiger partial charge in [-0.15, -0.1) is 10.2 Å². The summed E-state index contributed by atoms with van der Waals surface area (Å²) in [6.07, 6.45) is 9.75. The van der Waals surface area contributed by atoms with E-state index in [1.807, 2.05) is 0 Å². The third kappa shape index (κ3) is 2.20. The van der Waals surface area contributed by atoms with Crippen LogP contribution in [0, 0.1) is 22.2 Å². The molecule has 0 radical (unpaired) electrons. The highest BCUT2D eigenvalue weighted by atomic mass is 79.9. The fraction of sp³-hybridized carbons (Fsp3) is 0.882. The maximum Gasteiger partial charge on any atom is 0.143 e. The van der Waals surface area contributed by atoms with Crippen molar-refractivity contribution in [3.8, 4) is 0 Å². The third-order valence-corrected chi connectivity index (χ3v) is 6.95. The molecular weight excluding hydrogens is 326 g/mol. The third-order valence-electron chi connectivity index (χ3n) is 6.45. The molecule has 4 bridgehead atoms. The van der Waals surface area contributed by atoms with Gasteiger partial charge in [-0.2, -0.15) is 0 Å². The lowest BCUT2D eigenvalue weighted by molar-refractivity contribution is -0.145. The van der Waals surface area contributed by atoms with E-state index < -0.39 is 0 Å². The van der Waals surface area contributed by atoms with Crippen LogP contribution in [0.15, 0.2) is 0 Å². The largest absolute Gasteiger partial charge is 0.317 e. The Morgan fingerprint density at radius 3 is 2.19 bits per heavy atom. The smallest absolute Gasteiger partial charge is 0.143 e. The maximum absolute atomic E-state index is 4.49. The molecule has 0 aliphatic heterocycles. The van der Waals surface area contributed by atoms with Gasteiger partial charge in [0.2, 0.25) is 0 Å². The first-order valence-electron chi connectivity index (χ1n) is 8.28. The summed E-state index contributed by atoms with van der Waals surface area (Å²) in [6.45, 7) is 5.09. The van der Waals surface area contributed by atoms with E-state index in [4.69, 9.17) is 0 Å². The van der Waals surface area contributed by atoms with Gasteiger partial charge in [0.1, 0.15) is 11.6 Å². The van der Waals surface area contributed by atoms with Gasteiger partial charge in [0, 0.05) is 13.5 Å². The lowest BCUT2D eigenvalue weighted by Crippen LogP contribution is -2.55. The summed E-state index contributed by atoms with van der Waals surface area (Å²) in [5.74, 6) is 3.20. The fourth-order valence-electron chi connectivity index (χ4n) is 6.89. The Balaban J connectivity index is 1.66. The second kappa shape index (κ2) is 4.33. The van der Waals surface area contributed by atoms with Crippen molar-refractivity contribution in [2.24, 2.45) is 29.2 Å². The average Bonchev–Trinajstić information content (AvgIpc) is 2.65. The Bertz CT molecular complexity index is 561. The average molecular weight is 352 g/mol. The molecule has 0 amide bonds. The van der Waals surface area contributed by atoms with E-state index in [1.165, 1.54) is 44.3 Å². The van der Waals surface area contributed by atoms with Gasteiger partial charge in [0.05, 0.1) is 5.33 Å². The number of aromatic nitrogens is 3. The molecule has 5 rings (SSSR count). The molecule has 1 heterocycles. The molecule has 0 spiro atoms. The van der Waals surface area contributed by atoms with Crippen molar-refractivity contribution >= 4 is 15.9 Å². The lowest BCUT2D eigenvalue weighted by atomic mass is 9.40. The van der Waals surface area contributed by atoms with Crippen molar-refractivity contribution in [2.75, 3.05) is 0 Å². The molecule has 4 aliphatic carbocycles. The van der Waals surface area contributed by atoms with Crippen molar-refractivity contribution in [2.45, 2.75) is 64.1 Å². The highest BCUT2D eigenvalue weighted by Gasteiger charge is 2.60. The summed E-state index contributed by atoms with van der Waals surface area (Å²) in [7, 11) is 2.12. The van der Waals surface area contributed by atoms with Crippen molar-refractivity contribution in [3.05, 3.63) is 11.6 Å². The lowest BCUT2D eigenvalue weighted by Gasteiger charge is -2.65. The van der Waals surface area contributed by atoms with E-state index in [9.17, 15) is 0 Å². The number of hydrogen-bond donors (Lipinski definition) is 0. The van der Waals surface area contributed by atoms with Crippen LogP contribution in [0.1, 0.15) is 64.0 Å². The molecule has 1 aromatic rings. The summed E-state index contributed by atoms with van der Waals surface area (Å²) in [6, 6.07) is 0. The van der Waals surface area contributed by atoms with Crippen LogP contribution in [0.5, 0.6) is 0 Å². The Morgan fingerprint density at radius 2 is 1.67 bits per heavy atom. The van der Waals surface area contributed by atoms with Crippen molar-refractivity contribution in [3.63, 3.8) is 0 Å². The number of halogens is 1. The minimum atomic E-state index is 0.493. The molecule has 3 nitrogen and oxygen atoms in total. The highest BCUT2D eigenvalue weighted by molar-refractivity contribution is 9.08. The first-order valence-corrected chi connectivity index (χ1v) is 9.40. The first-order chi connectivity index (χ1) is 9.84. The van der Waals surface area contributed by atoms with Crippen molar-refractivity contribution < 1.29 is 0 Å². The zero-order valence-corrected chi connectivity index (χ0v) is 15.0. The second-order valence-electron chi connectivity index (χ2n) is 9.03. The molecule has 21 heavy (non-hydrogen) atoms. The van der Waals surface area contributed by atoms with Gasteiger partial charge >= 0.3 is 0 Å². The molecule has 4 fully saturated rings. The Labute approximate surface area is 136 Å². The minimum absolute atomic E-state index is 0.493. The molecule has 2 unspecified atom stereocenters. The maximum atomic E-state index is 4.49. The molecule has 2 atom stereocenters. The summed E-state index contributed by atoms with van der Waals surface area (Å²) >= 11 is 3.51. The predicted octanol–water partition coefficient (Wildman–Crippen LogP) is 4.25. The van der Waals surface area contributed by atoms with Crippen LogP contribution in [0.2, 0.25) is 0 Å². The molecule has 0 aromatic carbocycles. The van der Waals surface area contributed by atoms with Gasteiger partial charge in [0.25, 0.3) is 0 Å². The first kappa shape index (κ1) is 14.2. The molecular formula is C17H26BrN3. The van der Waals surface area contributed by atoms with E-state index in [2.05, 4.69) is 51.6 Å². The zero-order valence-electron chi connectivity index (χ0n) is 13.5. The van der Waals surface area contributed by atoms with E-state index in [0.29, 0.717) is 16.2 Å². The van der Waals surface area contributed by atoms with E-state index >= 15 is 0 Å². The minimum Gasteiger partial charge on any atom is -0.317 e. The second-order valence-corrected chi connectivity index (χ2v) is 9.59. The Hall–Kier alpha value is -0.380. The van der Waals surface area contributed by atoms with E-state index in [1.54, 1.807) is 0 Å². The molecule has 4 aliphatic rings. The molecule has 0 saturated heterocycles. The monoisotopic (exact) mass is 351 g/mol.